The Hall–Kier alpha value is -1.29. The van der Waals surface area contributed by atoms with Crippen LogP contribution in [0.5, 0.6) is 0 Å². The first-order valence-electron chi connectivity index (χ1n) is 7.64. The molecule has 3 nitrogen and oxygen atoms in total. The Kier molecular flexibility index (Phi) is 4.47. The molecule has 4 heteroatoms. The number of hydrogen-bond donors (Lipinski definition) is 1. The second-order valence-corrected chi connectivity index (χ2v) is 7.11. The number of carbonyl (C=O) groups excluding carboxylic acids is 1. The van der Waals surface area contributed by atoms with Crippen LogP contribution in [0, 0.1) is 11.3 Å². The Balaban J connectivity index is 2.45. The molecule has 21 heavy (non-hydrogen) atoms. The number of carbonyl (C=O) groups is 1. The van der Waals surface area contributed by atoms with Crippen LogP contribution in [0.1, 0.15) is 61.3 Å². The lowest BCUT2D eigenvalue weighted by molar-refractivity contribution is 0.0679. The minimum atomic E-state index is -0.275. The zero-order chi connectivity index (χ0) is 15.8. The van der Waals surface area contributed by atoms with E-state index in [0.717, 1.165) is 35.3 Å². The summed E-state index contributed by atoms with van der Waals surface area (Å²) in [7, 11) is 0. The van der Waals surface area contributed by atoms with Gasteiger partial charge < -0.3 is 10.5 Å². The summed E-state index contributed by atoms with van der Waals surface area (Å²) in [6.45, 7) is 12.8. The fourth-order valence-electron chi connectivity index (χ4n) is 3.14. The van der Waals surface area contributed by atoms with Crippen LogP contribution in [0.2, 0.25) is 0 Å². The molecule has 116 valence electrons. The first kappa shape index (κ1) is 16.1. The molecule has 0 aliphatic heterocycles. The normalized spacial score (nSPS) is 22.8. The Morgan fingerprint density at radius 2 is 2.19 bits per heavy atom. The summed E-state index contributed by atoms with van der Waals surface area (Å²) >= 11 is 1.40. The molecule has 2 unspecified atom stereocenters. The van der Waals surface area contributed by atoms with Gasteiger partial charge in [0.2, 0.25) is 0 Å². The number of hydrogen-bond acceptors (Lipinski definition) is 4. The molecule has 0 radical (unpaired) electrons. The van der Waals surface area contributed by atoms with Crippen LogP contribution in [0.25, 0.3) is 5.76 Å². The second-order valence-electron chi connectivity index (χ2n) is 6.06. The molecule has 2 rings (SSSR count). The van der Waals surface area contributed by atoms with Crippen LogP contribution >= 0.6 is 11.3 Å². The van der Waals surface area contributed by atoms with E-state index in [-0.39, 0.29) is 11.2 Å². The molecule has 0 saturated carbocycles. The molecule has 0 spiro atoms. The molecular weight excluding hydrogens is 282 g/mol. The Morgan fingerprint density at radius 3 is 2.76 bits per heavy atom. The van der Waals surface area contributed by atoms with Crippen LogP contribution in [-0.4, -0.2) is 12.4 Å². The van der Waals surface area contributed by atoms with Crippen molar-refractivity contribution >= 4 is 27.9 Å². The molecular formula is C17H25NO2S. The van der Waals surface area contributed by atoms with Gasteiger partial charge in [-0.05, 0) is 31.2 Å². The summed E-state index contributed by atoms with van der Waals surface area (Å²) in [5, 5.41) is 0.653. The second kappa shape index (κ2) is 5.84. The maximum atomic E-state index is 13.0. The number of Topliss-reactive ketones (excluding diaryl/α,β-unsaturated/α-hetero) is 1. The van der Waals surface area contributed by atoms with Gasteiger partial charge >= 0.3 is 0 Å². The number of nitrogens with two attached hydrogens (primary N) is 1. The molecule has 1 aliphatic carbocycles. The highest BCUT2D eigenvalue weighted by Crippen LogP contribution is 2.48. The van der Waals surface area contributed by atoms with Gasteiger partial charge in [-0.15, -0.1) is 11.3 Å². The topological polar surface area (TPSA) is 52.3 Å². The molecule has 0 bridgehead atoms. The Bertz CT molecular complexity index is 576. The van der Waals surface area contributed by atoms with Crippen LogP contribution in [-0.2, 0) is 11.2 Å². The van der Waals surface area contributed by atoms with E-state index in [1.54, 1.807) is 0 Å². The average molecular weight is 307 g/mol. The number of thiophene rings is 1. The minimum absolute atomic E-state index is 0.241. The Labute approximate surface area is 131 Å². The molecule has 1 aliphatic rings. The van der Waals surface area contributed by atoms with Gasteiger partial charge in [-0.1, -0.05) is 33.8 Å². The van der Waals surface area contributed by atoms with Crippen molar-refractivity contribution in [1.82, 2.24) is 0 Å². The predicted octanol–water partition coefficient (Wildman–Crippen LogP) is 4.52. The largest absolute Gasteiger partial charge is 0.494 e. The van der Waals surface area contributed by atoms with Crippen molar-refractivity contribution in [2.24, 2.45) is 11.3 Å². The molecule has 1 aromatic rings. The minimum Gasteiger partial charge on any atom is -0.494 e. The van der Waals surface area contributed by atoms with Gasteiger partial charge in [-0.2, -0.15) is 0 Å². The van der Waals surface area contributed by atoms with E-state index in [1.165, 1.54) is 11.3 Å². The van der Waals surface area contributed by atoms with Gasteiger partial charge in [0, 0.05) is 5.41 Å². The van der Waals surface area contributed by atoms with E-state index in [4.69, 9.17) is 10.5 Å². The van der Waals surface area contributed by atoms with Crippen LogP contribution in [0.3, 0.4) is 0 Å². The molecule has 0 aromatic carbocycles. The van der Waals surface area contributed by atoms with Gasteiger partial charge in [0.15, 0.2) is 5.78 Å². The fourth-order valence-corrected chi connectivity index (χ4v) is 4.35. The smallest absolute Gasteiger partial charge is 0.179 e. The summed E-state index contributed by atoms with van der Waals surface area (Å²) in [4.78, 5) is 13.8. The van der Waals surface area contributed by atoms with E-state index in [9.17, 15) is 4.79 Å². The summed E-state index contributed by atoms with van der Waals surface area (Å²) in [6.07, 6.45) is 2.75. The molecule has 0 fully saturated rings. The Morgan fingerprint density at radius 1 is 1.52 bits per heavy atom. The maximum absolute atomic E-state index is 13.0. The third-order valence-corrected chi connectivity index (χ3v) is 6.01. The highest BCUT2D eigenvalue weighted by Gasteiger charge is 2.44. The third kappa shape index (κ3) is 2.50. The van der Waals surface area contributed by atoms with E-state index in [2.05, 4.69) is 27.4 Å². The van der Waals surface area contributed by atoms with E-state index >= 15 is 0 Å². The SMILES string of the molecule is C=C(OCC)c1c(N)sc2c1CCC(C)(C(C)CC)C2=O. The van der Waals surface area contributed by atoms with E-state index in [0.29, 0.717) is 23.3 Å². The summed E-state index contributed by atoms with van der Waals surface area (Å²) < 4.78 is 5.51. The highest BCUT2D eigenvalue weighted by atomic mass is 32.1. The van der Waals surface area contributed by atoms with Crippen LogP contribution in [0.15, 0.2) is 6.58 Å². The number of rotatable bonds is 5. The molecule has 2 atom stereocenters. The van der Waals surface area contributed by atoms with Gasteiger partial charge in [0.05, 0.1) is 22.0 Å². The summed E-state index contributed by atoms with van der Waals surface area (Å²) in [5.74, 6) is 1.21. The fraction of sp³-hybridized carbons (Fsp3) is 0.588. The molecule has 1 heterocycles. The van der Waals surface area contributed by atoms with Gasteiger partial charge in [0.1, 0.15) is 5.76 Å². The number of nitrogen functional groups attached to an aromatic ring is 1. The molecule has 2 N–H and O–H groups in total. The van der Waals surface area contributed by atoms with Gasteiger partial charge in [-0.25, -0.2) is 0 Å². The predicted molar refractivity (Wildman–Crippen MR) is 89.6 cm³/mol. The average Bonchev–Trinajstić information content (AvgIpc) is 2.79. The maximum Gasteiger partial charge on any atom is 0.179 e. The van der Waals surface area contributed by atoms with Crippen LogP contribution in [0.4, 0.5) is 5.00 Å². The molecule has 0 amide bonds. The highest BCUT2D eigenvalue weighted by molar-refractivity contribution is 7.18. The van der Waals surface area contributed by atoms with Gasteiger partial charge in [0.25, 0.3) is 0 Å². The first-order chi connectivity index (χ1) is 9.86. The summed E-state index contributed by atoms with van der Waals surface area (Å²) in [5.41, 5.74) is 7.76. The number of fused-ring (bicyclic) bond motifs is 1. The van der Waals surface area contributed by atoms with E-state index in [1.807, 2.05) is 6.92 Å². The van der Waals surface area contributed by atoms with Crippen molar-refractivity contribution in [3.63, 3.8) is 0 Å². The zero-order valence-corrected chi connectivity index (χ0v) is 14.2. The lowest BCUT2D eigenvalue weighted by atomic mass is 9.66. The zero-order valence-electron chi connectivity index (χ0n) is 13.4. The number of anilines is 1. The standard InChI is InChI=1S/C17H25NO2S/c1-6-10(3)17(5)9-8-12-13(11(4)20-7-2)16(18)21-14(12)15(17)19/h10H,4,6-9,18H2,1-3,5H3. The monoisotopic (exact) mass is 307 g/mol. The van der Waals surface area contributed by atoms with E-state index < -0.39 is 0 Å². The molecule has 1 aromatic heterocycles. The molecule has 0 saturated heterocycles. The number of ketones is 1. The van der Waals surface area contributed by atoms with Crippen molar-refractivity contribution in [3.05, 3.63) is 22.6 Å². The van der Waals surface area contributed by atoms with Crippen molar-refractivity contribution in [1.29, 1.82) is 0 Å². The first-order valence-corrected chi connectivity index (χ1v) is 8.46. The lowest BCUT2D eigenvalue weighted by Gasteiger charge is -2.37. The number of ether oxygens (including phenoxy) is 1. The summed E-state index contributed by atoms with van der Waals surface area (Å²) in [6, 6.07) is 0. The van der Waals surface area contributed by atoms with Crippen molar-refractivity contribution in [2.75, 3.05) is 12.3 Å². The lowest BCUT2D eigenvalue weighted by Crippen LogP contribution is -2.38. The van der Waals surface area contributed by atoms with Crippen molar-refractivity contribution < 1.29 is 9.53 Å². The van der Waals surface area contributed by atoms with Crippen molar-refractivity contribution in [3.8, 4) is 0 Å². The van der Waals surface area contributed by atoms with Gasteiger partial charge in [-0.3, -0.25) is 4.79 Å². The van der Waals surface area contributed by atoms with Crippen molar-refractivity contribution in [2.45, 2.75) is 47.0 Å². The van der Waals surface area contributed by atoms with Crippen LogP contribution < -0.4 is 5.73 Å². The quantitative estimate of drug-likeness (QED) is 0.814. The third-order valence-electron chi connectivity index (χ3n) is 4.95.